The van der Waals surface area contributed by atoms with Gasteiger partial charge in [0, 0.05) is 29.8 Å². The van der Waals surface area contributed by atoms with Crippen molar-refractivity contribution in [1.29, 1.82) is 0 Å². The highest BCUT2D eigenvalue weighted by Gasteiger charge is 2.45. The van der Waals surface area contributed by atoms with Crippen LogP contribution in [-0.4, -0.2) is 47.3 Å². The number of carbonyl (C=O) groups excluding carboxylic acids is 1. The van der Waals surface area contributed by atoms with E-state index in [4.69, 9.17) is 4.42 Å². The fraction of sp³-hybridized carbons (Fsp3) is 0.500. The van der Waals surface area contributed by atoms with Crippen molar-refractivity contribution < 1.29 is 39.6 Å². The van der Waals surface area contributed by atoms with E-state index in [0.29, 0.717) is 12.8 Å². The van der Waals surface area contributed by atoms with Crippen LogP contribution in [0.5, 0.6) is 0 Å². The first-order chi connectivity index (χ1) is 15.1. The van der Waals surface area contributed by atoms with Crippen molar-refractivity contribution in [3.63, 3.8) is 0 Å². The molecule has 0 unspecified atom stereocenters. The zero-order valence-electron chi connectivity index (χ0n) is 16.3. The quantitative estimate of drug-likeness (QED) is 0.660. The van der Waals surface area contributed by atoms with Gasteiger partial charge < -0.3 is 9.73 Å². The van der Waals surface area contributed by atoms with Gasteiger partial charge in [-0.3, -0.25) is 4.79 Å². The molecule has 1 N–H and O–H groups in total. The van der Waals surface area contributed by atoms with Crippen LogP contribution in [0, 0.1) is 5.82 Å². The van der Waals surface area contributed by atoms with E-state index in [1.807, 2.05) is 0 Å². The van der Waals surface area contributed by atoms with E-state index in [2.05, 4.69) is 15.5 Å². The zero-order valence-corrected chi connectivity index (χ0v) is 17.1. The van der Waals surface area contributed by atoms with E-state index in [1.165, 1.54) is 0 Å². The molecule has 2 aliphatic rings. The topological polar surface area (TPSA) is 105 Å². The smallest absolute Gasteiger partial charge is 0.315 e. The molecule has 0 radical (unpaired) electrons. The van der Waals surface area contributed by atoms with E-state index in [9.17, 15) is 35.2 Å². The third-order valence-electron chi connectivity index (χ3n) is 5.55. The fourth-order valence-corrected chi connectivity index (χ4v) is 6.00. The van der Waals surface area contributed by atoms with Crippen LogP contribution in [0.2, 0.25) is 0 Å². The maximum atomic E-state index is 14.8. The summed E-state index contributed by atoms with van der Waals surface area (Å²) >= 11 is 0. The van der Waals surface area contributed by atoms with Crippen LogP contribution in [0.3, 0.4) is 0 Å². The van der Waals surface area contributed by atoms with Crippen LogP contribution in [0.25, 0.3) is 11.5 Å². The Bertz CT molecular complexity index is 1140. The predicted molar refractivity (Wildman–Crippen MR) is 97.6 cm³/mol. The summed E-state index contributed by atoms with van der Waals surface area (Å²) < 4.78 is 97.8. The molecule has 4 rings (SSSR count). The fourth-order valence-electron chi connectivity index (χ4n) is 4.09. The molecule has 2 aromatic rings. The van der Waals surface area contributed by atoms with Crippen molar-refractivity contribution in [2.75, 3.05) is 0 Å². The van der Waals surface area contributed by atoms with Gasteiger partial charge in [0.25, 0.3) is 11.8 Å². The van der Waals surface area contributed by atoms with Crippen LogP contribution >= 0.6 is 0 Å². The first-order valence-electron chi connectivity index (χ1n) is 9.64. The summed E-state index contributed by atoms with van der Waals surface area (Å²) in [5.41, 5.74) is -0.357. The SMILES string of the molecule is O=C(N[C@@H]1CCCC[C@H]1N1Cc2c(F)cc(-c3nnc(C(F)F)o3)cc2S1(=O)=O)C(F)F. The van der Waals surface area contributed by atoms with Gasteiger partial charge in [-0.2, -0.15) is 21.9 Å². The molecule has 1 aromatic carbocycles. The highest BCUT2D eigenvalue weighted by molar-refractivity contribution is 7.89. The summed E-state index contributed by atoms with van der Waals surface area (Å²) in [7, 11) is -4.28. The Labute approximate surface area is 178 Å². The van der Waals surface area contributed by atoms with Crippen molar-refractivity contribution in [3.8, 4) is 11.5 Å². The molecule has 0 saturated heterocycles. The molecular formula is C18H17F5N4O4S. The molecule has 1 amide bonds. The summed E-state index contributed by atoms with van der Waals surface area (Å²) in [5, 5.41) is 8.73. The van der Waals surface area contributed by atoms with Gasteiger partial charge in [-0.05, 0) is 25.0 Å². The Morgan fingerprint density at radius 1 is 1.16 bits per heavy atom. The molecule has 1 fully saturated rings. The maximum absolute atomic E-state index is 14.8. The van der Waals surface area contributed by atoms with Gasteiger partial charge in [0.1, 0.15) is 5.82 Å². The second-order valence-electron chi connectivity index (χ2n) is 7.50. The van der Waals surface area contributed by atoms with Gasteiger partial charge in [0.2, 0.25) is 15.9 Å². The van der Waals surface area contributed by atoms with Gasteiger partial charge in [0.15, 0.2) is 0 Å². The predicted octanol–water partition coefficient (Wildman–Crippen LogP) is 3.01. The van der Waals surface area contributed by atoms with Gasteiger partial charge in [-0.1, -0.05) is 12.8 Å². The molecule has 2 atom stereocenters. The summed E-state index contributed by atoms with van der Waals surface area (Å²) in [5.74, 6) is -3.90. The van der Waals surface area contributed by atoms with E-state index < -0.39 is 63.4 Å². The highest BCUT2D eigenvalue weighted by atomic mass is 32.2. The van der Waals surface area contributed by atoms with Gasteiger partial charge >= 0.3 is 12.9 Å². The Kier molecular flexibility index (Phi) is 5.92. The summed E-state index contributed by atoms with van der Waals surface area (Å²) in [6, 6.07) is 0.242. The second-order valence-corrected chi connectivity index (χ2v) is 9.36. The standard InChI is InChI=1S/C18H17F5N4O4S/c19-10-5-8(17-25-26-18(31-17)15(22)23)6-13-9(10)7-27(32(13,29)30)12-4-2-1-3-11(12)24-16(28)14(20)21/h5-6,11-12,14-15H,1-4,7H2,(H,24,28)/t11-,12-/m1/s1. The lowest BCUT2D eigenvalue weighted by Gasteiger charge is -2.37. The van der Waals surface area contributed by atoms with E-state index in [-0.39, 0.29) is 30.5 Å². The van der Waals surface area contributed by atoms with Crippen LogP contribution < -0.4 is 5.32 Å². The summed E-state index contributed by atoms with van der Waals surface area (Å²) in [6.07, 6.45) is -4.53. The number of hydrogen-bond donors (Lipinski definition) is 1. The number of benzene rings is 1. The number of carbonyl (C=O) groups is 1. The molecule has 1 aliphatic carbocycles. The molecule has 14 heteroatoms. The van der Waals surface area contributed by atoms with Crippen LogP contribution in [0.1, 0.15) is 43.6 Å². The Morgan fingerprint density at radius 3 is 2.53 bits per heavy atom. The molecule has 2 heterocycles. The lowest BCUT2D eigenvalue weighted by Crippen LogP contribution is -2.54. The van der Waals surface area contributed by atoms with Crippen molar-refractivity contribution in [1.82, 2.24) is 19.8 Å². The molecule has 174 valence electrons. The molecule has 0 spiro atoms. The Balaban J connectivity index is 1.67. The third-order valence-corrected chi connectivity index (χ3v) is 7.49. The zero-order chi connectivity index (χ0) is 23.2. The minimum absolute atomic E-state index is 0.160. The highest BCUT2D eigenvalue weighted by Crippen LogP contribution is 2.39. The first-order valence-corrected chi connectivity index (χ1v) is 11.1. The number of amides is 1. The number of alkyl halides is 4. The van der Waals surface area contributed by atoms with Crippen LogP contribution in [0.15, 0.2) is 21.4 Å². The number of halogens is 5. The maximum Gasteiger partial charge on any atom is 0.315 e. The van der Waals surface area contributed by atoms with E-state index in [0.717, 1.165) is 16.4 Å². The summed E-state index contributed by atoms with van der Waals surface area (Å²) in [4.78, 5) is 11.1. The Hall–Kier alpha value is -2.61. The number of fused-ring (bicyclic) bond motifs is 1. The number of hydrogen-bond acceptors (Lipinski definition) is 6. The Morgan fingerprint density at radius 2 is 1.88 bits per heavy atom. The largest absolute Gasteiger partial charge is 0.415 e. The van der Waals surface area contributed by atoms with Crippen LogP contribution in [0.4, 0.5) is 22.0 Å². The molecule has 0 bridgehead atoms. The van der Waals surface area contributed by atoms with Crippen LogP contribution in [-0.2, 0) is 21.4 Å². The average Bonchev–Trinajstić information content (AvgIpc) is 3.32. The molecular weight excluding hydrogens is 463 g/mol. The minimum atomic E-state index is -4.28. The lowest BCUT2D eigenvalue weighted by molar-refractivity contribution is -0.133. The van der Waals surface area contributed by atoms with Gasteiger partial charge in [-0.25, -0.2) is 12.8 Å². The van der Waals surface area contributed by atoms with E-state index >= 15 is 0 Å². The van der Waals surface area contributed by atoms with Gasteiger partial charge in [0.05, 0.1) is 4.90 Å². The van der Waals surface area contributed by atoms with Crippen molar-refractivity contribution in [3.05, 3.63) is 29.4 Å². The third kappa shape index (κ3) is 3.96. The first kappa shape index (κ1) is 22.6. The number of rotatable bonds is 5. The van der Waals surface area contributed by atoms with Crippen molar-refractivity contribution >= 4 is 15.9 Å². The molecule has 32 heavy (non-hydrogen) atoms. The second kappa shape index (κ2) is 8.39. The molecule has 8 nitrogen and oxygen atoms in total. The van der Waals surface area contributed by atoms with E-state index in [1.54, 1.807) is 0 Å². The molecule has 1 saturated carbocycles. The summed E-state index contributed by atoms with van der Waals surface area (Å²) in [6.45, 7) is -0.360. The number of nitrogens with zero attached hydrogens (tertiary/aromatic N) is 3. The van der Waals surface area contributed by atoms with Gasteiger partial charge in [-0.15, -0.1) is 10.2 Å². The average molecular weight is 480 g/mol. The molecule has 1 aromatic heterocycles. The number of nitrogens with one attached hydrogen (secondary N) is 1. The molecule has 1 aliphatic heterocycles. The van der Waals surface area contributed by atoms with Crippen molar-refractivity contribution in [2.24, 2.45) is 0 Å². The lowest BCUT2D eigenvalue weighted by atomic mass is 9.90. The van der Waals surface area contributed by atoms with Crippen molar-refractivity contribution in [2.45, 2.75) is 62.1 Å². The number of aromatic nitrogens is 2. The number of sulfonamides is 1. The normalized spacial score (nSPS) is 23.0. The minimum Gasteiger partial charge on any atom is -0.415 e. The monoisotopic (exact) mass is 480 g/mol.